The van der Waals surface area contributed by atoms with Crippen LogP contribution in [0.25, 0.3) is 0 Å². The van der Waals surface area contributed by atoms with E-state index in [1.54, 1.807) is 0 Å². The van der Waals surface area contributed by atoms with Gasteiger partial charge in [-0.1, -0.05) is 23.7 Å². The summed E-state index contributed by atoms with van der Waals surface area (Å²) in [7, 11) is -3.71. The van der Waals surface area contributed by atoms with Gasteiger partial charge in [-0.2, -0.15) is 8.42 Å². The maximum absolute atomic E-state index is 10.8. The van der Waals surface area contributed by atoms with Gasteiger partial charge in [-0.15, -0.1) is 0 Å². The maximum atomic E-state index is 10.8. The molecule has 1 atom stereocenters. The number of benzene rings is 1. The summed E-state index contributed by atoms with van der Waals surface area (Å²) in [5, 5.41) is 10.5. The normalized spacial score (nSPS) is 13.4. The van der Waals surface area contributed by atoms with Crippen molar-refractivity contribution in [1.82, 2.24) is 0 Å². The Morgan fingerprint density at radius 1 is 1.50 bits per heavy atom. The Balaban J connectivity index is 2.96. The molecular weight excluding hydrogens is 258 g/mol. The number of halogens is 1. The molecule has 0 saturated heterocycles. The molecule has 0 amide bonds. The number of hydrogen-bond donors (Lipinski definition) is 0. The number of hydrogen-bond acceptors (Lipinski definition) is 5. The minimum Gasteiger partial charge on any atom is -0.258 e. The SMILES string of the molecule is CS(=O)(=O)OC(Cl)c1cccc([N+](=O)[O-])c1. The third-order valence-electron chi connectivity index (χ3n) is 1.60. The number of nitro benzene ring substituents is 1. The van der Waals surface area contributed by atoms with Gasteiger partial charge in [-0.05, 0) is 0 Å². The molecule has 0 spiro atoms. The van der Waals surface area contributed by atoms with Gasteiger partial charge in [0.05, 0.1) is 11.2 Å². The summed E-state index contributed by atoms with van der Waals surface area (Å²) in [4.78, 5) is 9.86. The first kappa shape index (κ1) is 12.9. The molecular formula is C8H8ClNO5S. The van der Waals surface area contributed by atoms with Crippen LogP contribution in [0.2, 0.25) is 0 Å². The summed E-state index contributed by atoms with van der Waals surface area (Å²) in [5.74, 6) is 0. The van der Waals surface area contributed by atoms with Crippen LogP contribution in [-0.4, -0.2) is 19.6 Å². The molecule has 1 aromatic carbocycles. The molecule has 88 valence electrons. The molecule has 0 aromatic heterocycles. The summed E-state index contributed by atoms with van der Waals surface area (Å²) in [6, 6.07) is 5.26. The molecule has 0 N–H and O–H groups in total. The molecule has 0 aliphatic carbocycles. The van der Waals surface area contributed by atoms with Gasteiger partial charge in [-0.3, -0.25) is 10.1 Å². The highest BCUT2D eigenvalue weighted by Crippen LogP contribution is 2.26. The monoisotopic (exact) mass is 265 g/mol. The fraction of sp³-hybridized carbons (Fsp3) is 0.250. The van der Waals surface area contributed by atoms with Crippen LogP contribution in [0.4, 0.5) is 5.69 Å². The number of rotatable bonds is 4. The van der Waals surface area contributed by atoms with Gasteiger partial charge in [0.1, 0.15) is 0 Å². The number of nitrogens with zero attached hydrogens (tertiary/aromatic N) is 1. The second kappa shape index (κ2) is 4.77. The van der Waals surface area contributed by atoms with Crippen molar-refractivity contribution in [2.45, 2.75) is 5.56 Å². The molecule has 16 heavy (non-hydrogen) atoms. The van der Waals surface area contributed by atoms with Crippen LogP contribution in [0.3, 0.4) is 0 Å². The molecule has 0 aliphatic heterocycles. The zero-order valence-electron chi connectivity index (χ0n) is 8.16. The van der Waals surface area contributed by atoms with Crippen molar-refractivity contribution >= 4 is 27.4 Å². The fourth-order valence-electron chi connectivity index (χ4n) is 0.989. The highest BCUT2D eigenvalue weighted by atomic mass is 35.5. The minimum absolute atomic E-state index is 0.180. The van der Waals surface area contributed by atoms with Crippen molar-refractivity contribution in [3.8, 4) is 0 Å². The van der Waals surface area contributed by atoms with Crippen LogP contribution in [0.15, 0.2) is 24.3 Å². The second-order valence-corrected chi connectivity index (χ2v) is 4.97. The summed E-state index contributed by atoms with van der Waals surface area (Å²) < 4.78 is 26.1. The van der Waals surface area contributed by atoms with E-state index in [0.29, 0.717) is 0 Å². The van der Waals surface area contributed by atoms with Crippen LogP contribution in [-0.2, 0) is 14.3 Å². The van der Waals surface area contributed by atoms with Crippen LogP contribution < -0.4 is 0 Å². The zero-order valence-corrected chi connectivity index (χ0v) is 9.73. The number of non-ortho nitro benzene ring substituents is 1. The van der Waals surface area contributed by atoms with Gasteiger partial charge in [0.25, 0.3) is 15.8 Å². The van der Waals surface area contributed by atoms with E-state index in [9.17, 15) is 18.5 Å². The van der Waals surface area contributed by atoms with Crippen molar-refractivity contribution in [2.75, 3.05) is 6.26 Å². The average molecular weight is 266 g/mol. The minimum atomic E-state index is -3.71. The van der Waals surface area contributed by atoms with Gasteiger partial charge in [0.15, 0.2) is 5.56 Å². The van der Waals surface area contributed by atoms with Crippen molar-refractivity contribution in [3.63, 3.8) is 0 Å². The Hall–Kier alpha value is -1.18. The molecule has 0 saturated carbocycles. The third kappa shape index (κ3) is 3.76. The smallest absolute Gasteiger partial charge is 0.258 e. The lowest BCUT2D eigenvalue weighted by atomic mass is 10.2. The molecule has 0 aliphatic rings. The standard InChI is InChI=1S/C8H8ClNO5S/c1-16(13,14)15-8(9)6-3-2-4-7(5-6)10(11)12/h2-5,8H,1H3. The Labute approximate surface area is 97.1 Å². The Morgan fingerprint density at radius 3 is 2.62 bits per heavy atom. The maximum Gasteiger partial charge on any atom is 0.269 e. The molecule has 0 heterocycles. The van der Waals surface area contributed by atoms with E-state index in [1.807, 2.05) is 0 Å². The first-order chi connectivity index (χ1) is 7.29. The van der Waals surface area contributed by atoms with Gasteiger partial charge < -0.3 is 0 Å². The van der Waals surface area contributed by atoms with E-state index >= 15 is 0 Å². The third-order valence-corrected chi connectivity index (χ3v) is 2.59. The van der Waals surface area contributed by atoms with E-state index in [2.05, 4.69) is 4.18 Å². The molecule has 1 aromatic rings. The predicted molar refractivity (Wildman–Crippen MR) is 57.6 cm³/mol. The summed E-state index contributed by atoms with van der Waals surface area (Å²) in [6.45, 7) is 0. The van der Waals surface area contributed by atoms with Gasteiger partial charge >= 0.3 is 0 Å². The van der Waals surface area contributed by atoms with Gasteiger partial charge in [-0.25, -0.2) is 4.18 Å². The Bertz CT molecular complexity index is 501. The van der Waals surface area contributed by atoms with E-state index in [-0.39, 0.29) is 11.3 Å². The molecule has 8 heteroatoms. The van der Waals surface area contributed by atoms with Crippen molar-refractivity contribution < 1.29 is 17.5 Å². The topological polar surface area (TPSA) is 86.5 Å². The largest absolute Gasteiger partial charge is 0.269 e. The lowest BCUT2D eigenvalue weighted by molar-refractivity contribution is -0.384. The zero-order chi connectivity index (χ0) is 12.3. The molecule has 0 bridgehead atoms. The van der Waals surface area contributed by atoms with Crippen LogP contribution in [0, 0.1) is 10.1 Å². The number of alkyl halides is 1. The van der Waals surface area contributed by atoms with Crippen molar-refractivity contribution in [2.24, 2.45) is 0 Å². The lowest BCUT2D eigenvalue weighted by Gasteiger charge is -2.08. The highest BCUT2D eigenvalue weighted by Gasteiger charge is 2.17. The van der Waals surface area contributed by atoms with Crippen LogP contribution in [0.5, 0.6) is 0 Å². The fourth-order valence-corrected chi connectivity index (χ4v) is 1.94. The van der Waals surface area contributed by atoms with Gasteiger partial charge in [0, 0.05) is 17.7 Å². The van der Waals surface area contributed by atoms with E-state index < -0.39 is 20.6 Å². The van der Waals surface area contributed by atoms with Crippen molar-refractivity contribution in [3.05, 3.63) is 39.9 Å². The van der Waals surface area contributed by atoms with E-state index in [0.717, 1.165) is 12.3 Å². The summed E-state index contributed by atoms with van der Waals surface area (Å²) in [5.41, 5.74) is -1.24. The van der Waals surface area contributed by atoms with Crippen LogP contribution >= 0.6 is 11.6 Å². The second-order valence-electron chi connectivity index (χ2n) is 2.97. The van der Waals surface area contributed by atoms with Crippen molar-refractivity contribution in [1.29, 1.82) is 0 Å². The first-order valence-corrected chi connectivity index (χ1v) is 6.31. The van der Waals surface area contributed by atoms with E-state index in [4.69, 9.17) is 11.6 Å². The molecule has 0 fully saturated rings. The molecule has 6 nitrogen and oxygen atoms in total. The summed E-state index contributed by atoms with van der Waals surface area (Å²) in [6.07, 6.45) is 0.847. The van der Waals surface area contributed by atoms with E-state index in [1.165, 1.54) is 18.2 Å². The lowest BCUT2D eigenvalue weighted by Crippen LogP contribution is -2.06. The average Bonchev–Trinajstić information content (AvgIpc) is 2.15. The molecule has 1 unspecified atom stereocenters. The summed E-state index contributed by atoms with van der Waals surface area (Å²) >= 11 is 5.64. The molecule has 0 radical (unpaired) electrons. The predicted octanol–water partition coefficient (Wildman–Crippen LogP) is 1.81. The quantitative estimate of drug-likeness (QED) is 0.359. The van der Waals surface area contributed by atoms with Gasteiger partial charge in [0.2, 0.25) is 0 Å². The Morgan fingerprint density at radius 2 is 2.12 bits per heavy atom. The Kier molecular flexibility index (Phi) is 3.84. The number of nitro groups is 1. The molecule has 1 rings (SSSR count). The van der Waals surface area contributed by atoms with Crippen LogP contribution in [0.1, 0.15) is 11.1 Å². The first-order valence-electron chi connectivity index (χ1n) is 4.06. The highest BCUT2D eigenvalue weighted by molar-refractivity contribution is 7.86.